The lowest BCUT2D eigenvalue weighted by Gasteiger charge is -2.25. The van der Waals surface area contributed by atoms with E-state index >= 15 is 0 Å². The number of hydrogen-bond donors (Lipinski definition) is 1. The molecule has 0 saturated carbocycles. The molecule has 2 rings (SSSR count). The Bertz CT molecular complexity index is 622. The summed E-state index contributed by atoms with van der Waals surface area (Å²) in [4.78, 5) is 17.4. The quantitative estimate of drug-likeness (QED) is 0.813. The molecule has 0 aromatic heterocycles. The third-order valence-electron chi connectivity index (χ3n) is 3.52. The van der Waals surface area contributed by atoms with E-state index in [-0.39, 0.29) is 44.0 Å². The van der Waals surface area contributed by atoms with E-state index in [0.29, 0.717) is 5.71 Å². The summed E-state index contributed by atoms with van der Waals surface area (Å²) in [5.41, 5.74) is 3.41. The summed E-state index contributed by atoms with van der Waals surface area (Å²) in [7, 11) is 0. The van der Waals surface area contributed by atoms with Crippen LogP contribution < -0.4 is 5.73 Å². The number of halogens is 4. The van der Waals surface area contributed by atoms with E-state index in [1.54, 1.807) is 6.92 Å². The first-order valence-corrected chi connectivity index (χ1v) is 7.08. The zero-order valence-corrected chi connectivity index (χ0v) is 13.7. The van der Waals surface area contributed by atoms with Crippen LogP contribution in [0.1, 0.15) is 24.5 Å². The summed E-state index contributed by atoms with van der Waals surface area (Å²) in [5.74, 6) is -0.746. The van der Waals surface area contributed by atoms with E-state index in [9.17, 15) is 18.0 Å². The predicted octanol–water partition coefficient (Wildman–Crippen LogP) is 2.71. The Kier molecular flexibility index (Phi) is 6.62. The fourth-order valence-corrected chi connectivity index (χ4v) is 2.45. The molecule has 24 heavy (non-hydrogen) atoms. The smallest absolute Gasteiger partial charge is 0.416 e. The lowest BCUT2D eigenvalue weighted by Crippen LogP contribution is -2.43. The number of oxime groups is 1. The van der Waals surface area contributed by atoms with E-state index in [0.717, 1.165) is 6.07 Å². The summed E-state index contributed by atoms with van der Waals surface area (Å²) in [6.45, 7) is 1.75. The Hall–Kier alpha value is -1.80. The first-order valence-electron chi connectivity index (χ1n) is 7.08. The number of carbonyl (C=O) groups excluding carboxylic acids is 1. The number of carbonyl (C=O) groups is 1. The van der Waals surface area contributed by atoms with E-state index in [2.05, 4.69) is 5.16 Å². The second-order valence-electron chi connectivity index (χ2n) is 5.18. The topological polar surface area (TPSA) is 73.9 Å². The molecule has 1 aliphatic heterocycles. The molecule has 0 radical (unpaired) electrons. The summed E-state index contributed by atoms with van der Waals surface area (Å²) < 4.78 is 44.4. The molecular formula is C15H18ClF3N2O3. The first-order chi connectivity index (χ1) is 10.8. The highest BCUT2D eigenvalue weighted by Crippen LogP contribution is 2.36. The van der Waals surface area contributed by atoms with Gasteiger partial charge >= 0.3 is 12.1 Å². The maximum atomic E-state index is 13.1. The monoisotopic (exact) mass is 366 g/mol. The lowest BCUT2D eigenvalue weighted by molar-refractivity contribution is -0.169. The molecule has 9 heteroatoms. The van der Waals surface area contributed by atoms with Crippen molar-refractivity contribution in [2.75, 3.05) is 13.2 Å². The van der Waals surface area contributed by atoms with Crippen molar-refractivity contribution in [1.82, 2.24) is 0 Å². The van der Waals surface area contributed by atoms with Gasteiger partial charge in [-0.1, -0.05) is 23.4 Å². The van der Waals surface area contributed by atoms with Gasteiger partial charge in [0.2, 0.25) is 5.60 Å². The van der Waals surface area contributed by atoms with Crippen molar-refractivity contribution in [3.05, 3.63) is 35.4 Å². The molecule has 5 nitrogen and oxygen atoms in total. The van der Waals surface area contributed by atoms with Crippen LogP contribution in [-0.2, 0) is 27.0 Å². The third kappa shape index (κ3) is 4.18. The van der Waals surface area contributed by atoms with Gasteiger partial charge in [-0.05, 0) is 18.6 Å². The molecular weight excluding hydrogens is 349 g/mol. The molecule has 134 valence electrons. The summed E-state index contributed by atoms with van der Waals surface area (Å²) in [5, 5.41) is 3.71. The maximum absolute atomic E-state index is 13.1. The van der Waals surface area contributed by atoms with Gasteiger partial charge in [0, 0.05) is 19.4 Å². The van der Waals surface area contributed by atoms with Crippen molar-refractivity contribution >= 4 is 24.1 Å². The Morgan fingerprint density at radius 3 is 2.62 bits per heavy atom. The average molecular weight is 367 g/mol. The molecule has 1 aliphatic rings. The molecule has 2 N–H and O–H groups in total. The second-order valence-corrected chi connectivity index (χ2v) is 5.18. The van der Waals surface area contributed by atoms with Crippen LogP contribution in [0.2, 0.25) is 0 Å². The molecule has 1 aromatic rings. The van der Waals surface area contributed by atoms with Gasteiger partial charge in [0.15, 0.2) is 0 Å². The lowest BCUT2D eigenvalue weighted by atomic mass is 9.87. The molecule has 0 aliphatic carbocycles. The minimum absolute atomic E-state index is 0. The third-order valence-corrected chi connectivity index (χ3v) is 3.52. The minimum Gasteiger partial charge on any atom is -0.463 e. The summed E-state index contributed by atoms with van der Waals surface area (Å²) in [6.07, 6.45) is -4.81. The molecule has 1 atom stereocenters. The highest BCUT2D eigenvalue weighted by Gasteiger charge is 2.49. The van der Waals surface area contributed by atoms with Crippen molar-refractivity contribution in [2.45, 2.75) is 31.5 Å². The molecule has 1 aromatic carbocycles. The normalized spacial score (nSPS) is 20.0. The van der Waals surface area contributed by atoms with Crippen molar-refractivity contribution < 1.29 is 27.5 Å². The van der Waals surface area contributed by atoms with Crippen molar-refractivity contribution in [3.63, 3.8) is 0 Å². The molecule has 0 spiro atoms. The van der Waals surface area contributed by atoms with Gasteiger partial charge in [0.05, 0.1) is 17.9 Å². The van der Waals surface area contributed by atoms with Crippen molar-refractivity contribution in [1.29, 1.82) is 0 Å². The number of hydrogen-bond acceptors (Lipinski definition) is 5. The number of rotatable bonds is 5. The number of alkyl halides is 3. The van der Waals surface area contributed by atoms with Crippen LogP contribution in [0.3, 0.4) is 0 Å². The van der Waals surface area contributed by atoms with Crippen LogP contribution >= 0.6 is 12.4 Å². The number of nitrogens with zero attached hydrogens (tertiary/aromatic N) is 1. The molecule has 0 fully saturated rings. The molecule has 0 bridgehead atoms. The second kappa shape index (κ2) is 7.85. The van der Waals surface area contributed by atoms with Gasteiger partial charge in [-0.15, -0.1) is 12.4 Å². The van der Waals surface area contributed by atoms with E-state index in [1.807, 2.05) is 0 Å². The van der Waals surface area contributed by atoms with Crippen molar-refractivity contribution in [2.24, 2.45) is 10.9 Å². The van der Waals surface area contributed by atoms with Gasteiger partial charge in [-0.3, -0.25) is 0 Å². The fraction of sp³-hybridized carbons (Fsp3) is 0.467. The number of ether oxygens (including phenoxy) is 1. The van der Waals surface area contributed by atoms with Crippen LogP contribution in [0.25, 0.3) is 0 Å². The van der Waals surface area contributed by atoms with Gasteiger partial charge in [-0.25, -0.2) is 4.79 Å². The van der Waals surface area contributed by atoms with E-state index < -0.39 is 23.3 Å². The first kappa shape index (κ1) is 20.2. The predicted molar refractivity (Wildman–Crippen MR) is 84.0 cm³/mol. The Balaban J connectivity index is 0.00000288. The summed E-state index contributed by atoms with van der Waals surface area (Å²) >= 11 is 0. The van der Waals surface area contributed by atoms with Crippen LogP contribution in [0.4, 0.5) is 13.2 Å². The van der Waals surface area contributed by atoms with Crippen molar-refractivity contribution in [3.8, 4) is 0 Å². The average Bonchev–Trinajstić information content (AvgIpc) is 2.92. The van der Waals surface area contributed by atoms with Crippen LogP contribution in [0.5, 0.6) is 0 Å². The maximum Gasteiger partial charge on any atom is 0.416 e. The highest BCUT2D eigenvalue weighted by molar-refractivity contribution is 5.95. The Labute approximate surface area is 143 Å². The van der Waals surface area contributed by atoms with Crippen LogP contribution in [0.15, 0.2) is 29.4 Å². The largest absolute Gasteiger partial charge is 0.463 e. The summed E-state index contributed by atoms with van der Waals surface area (Å²) in [6, 6.07) is 5.05. The van der Waals surface area contributed by atoms with Crippen LogP contribution in [0, 0.1) is 0 Å². The Morgan fingerprint density at radius 1 is 1.42 bits per heavy atom. The van der Waals surface area contributed by atoms with E-state index in [4.69, 9.17) is 15.3 Å². The number of benzene rings is 1. The SMILES string of the molecule is CCOC(=O)C1(Cc2ccccc2C(F)(F)F)CC(CN)=NO1.Cl. The van der Waals surface area contributed by atoms with Crippen LogP contribution in [-0.4, -0.2) is 30.4 Å². The number of esters is 1. The highest BCUT2D eigenvalue weighted by atomic mass is 35.5. The molecule has 1 heterocycles. The van der Waals surface area contributed by atoms with Gasteiger partial charge in [0.25, 0.3) is 0 Å². The zero-order valence-electron chi connectivity index (χ0n) is 12.9. The fourth-order valence-electron chi connectivity index (χ4n) is 2.45. The molecule has 0 saturated heterocycles. The minimum atomic E-state index is -4.53. The molecule has 1 unspecified atom stereocenters. The zero-order chi connectivity index (χ0) is 17.1. The standard InChI is InChI=1S/C15H17F3N2O3.ClH/c1-2-22-13(21)14(8-11(9-19)20-23-14)7-10-5-3-4-6-12(10)15(16,17)18;/h3-6H,2,7-9,19H2,1H3;1H. The van der Waals surface area contributed by atoms with E-state index in [1.165, 1.54) is 18.2 Å². The van der Waals surface area contributed by atoms with Gasteiger partial charge < -0.3 is 15.3 Å². The Morgan fingerprint density at radius 2 is 2.08 bits per heavy atom. The van der Waals surface area contributed by atoms with Gasteiger partial charge in [0.1, 0.15) is 0 Å². The molecule has 0 amide bonds. The number of nitrogens with two attached hydrogens (primary N) is 1. The van der Waals surface area contributed by atoms with Gasteiger partial charge in [-0.2, -0.15) is 13.2 Å².